The van der Waals surface area contributed by atoms with E-state index in [9.17, 15) is 14.0 Å². The molecule has 0 aliphatic carbocycles. The molecular weight excluding hydrogens is 393 g/mol. The van der Waals surface area contributed by atoms with Crippen LogP contribution in [-0.4, -0.2) is 76.5 Å². The van der Waals surface area contributed by atoms with Crippen molar-refractivity contribution in [2.75, 3.05) is 50.0 Å². The maximum absolute atomic E-state index is 14.4. The van der Waals surface area contributed by atoms with Crippen LogP contribution in [0.2, 0.25) is 0 Å². The zero-order valence-corrected chi connectivity index (χ0v) is 16.9. The molecule has 0 aromatic carbocycles. The summed E-state index contributed by atoms with van der Waals surface area (Å²) in [6.07, 6.45) is 1.36. The number of carbonyl (C=O) groups excluding carboxylic acids is 2. The fraction of sp³-hybridized carbons (Fsp3) is 0.444. The first kappa shape index (κ1) is 21.3. The molecule has 0 spiro atoms. The highest BCUT2D eigenvalue weighted by Crippen LogP contribution is 2.20. The molecule has 1 aliphatic rings. The standard InChI is InChI=1S/C18H24FN9O2.3H2/c1-3-21-18(30)26-17-23-11-22-14(25-17)10-27-6-8-28(9-7-27)13-5-4-12(16(29)20-2)24-15(13)19;;;/h4-5,11H,3,6-10H2,1-2H3,(H,20,29)(H2,21,22,23,25,26,30);3*1H. The summed E-state index contributed by atoms with van der Waals surface area (Å²) in [5.74, 6) is -0.367. The van der Waals surface area contributed by atoms with Crippen molar-refractivity contribution >= 4 is 23.6 Å². The van der Waals surface area contributed by atoms with Gasteiger partial charge in [-0.25, -0.2) is 19.7 Å². The summed E-state index contributed by atoms with van der Waals surface area (Å²) in [4.78, 5) is 43.3. The van der Waals surface area contributed by atoms with E-state index in [-0.39, 0.29) is 22.0 Å². The quantitative estimate of drug-likeness (QED) is 0.586. The lowest BCUT2D eigenvalue weighted by molar-refractivity contribution is 0.0957. The molecule has 0 saturated carbocycles. The van der Waals surface area contributed by atoms with Crippen LogP contribution in [0.3, 0.4) is 0 Å². The Hall–Kier alpha value is -3.41. The van der Waals surface area contributed by atoms with Crippen LogP contribution in [0.15, 0.2) is 18.5 Å². The summed E-state index contributed by atoms with van der Waals surface area (Å²) in [5, 5.41) is 7.59. The number of nitrogens with zero attached hydrogens (tertiary/aromatic N) is 6. The van der Waals surface area contributed by atoms with Crippen molar-refractivity contribution in [1.82, 2.24) is 35.5 Å². The van der Waals surface area contributed by atoms with Crippen LogP contribution < -0.4 is 20.9 Å². The summed E-state index contributed by atoms with van der Waals surface area (Å²) in [6, 6.07) is 2.72. The average Bonchev–Trinajstić information content (AvgIpc) is 2.74. The highest BCUT2D eigenvalue weighted by Gasteiger charge is 2.22. The maximum Gasteiger partial charge on any atom is 0.321 e. The van der Waals surface area contributed by atoms with Crippen LogP contribution in [0.5, 0.6) is 0 Å². The van der Waals surface area contributed by atoms with Gasteiger partial charge in [0.1, 0.15) is 17.8 Å². The Balaban J connectivity index is 0.00000341. The van der Waals surface area contributed by atoms with E-state index in [2.05, 4.69) is 40.8 Å². The molecule has 2 aromatic heterocycles. The van der Waals surface area contributed by atoms with Gasteiger partial charge in [-0.3, -0.25) is 15.0 Å². The molecule has 0 atom stereocenters. The molecule has 3 N–H and O–H groups in total. The molecule has 1 saturated heterocycles. The highest BCUT2D eigenvalue weighted by molar-refractivity contribution is 5.92. The topological polar surface area (TPSA) is 128 Å². The maximum atomic E-state index is 14.4. The molecule has 0 radical (unpaired) electrons. The molecule has 3 rings (SSSR count). The van der Waals surface area contributed by atoms with Gasteiger partial charge in [0.05, 0.1) is 12.2 Å². The predicted molar refractivity (Wildman–Crippen MR) is 114 cm³/mol. The highest BCUT2D eigenvalue weighted by atomic mass is 19.1. The van der Waals surface area contributed by atoms with Gasteiger partial charge in [-0.2, -0.15) is 9.37 Å². The van der Waals surface area contributed by atoms with Crippen LogP contribution in [0.25, 0.3) is 0 Å². The van der Waals surface area contributed by atoms with Crippen molar-refractivity contribution in [2.45, 2.75) is 13.5 Å². The van der Waals surface area contributed by atoms with Crippen molar-refractivity contribution < 1.29 is 18.3 Å². The third-order valence-corrected chi connectivity index (χ3v) is 4.55. The van der Waals surface area contributed by atoms with E-state index >= 15 is 0 Å². The second kappa shape index (κ2) is 9.87. The third-order valence-electron chi connectivity index (χ3n) is 4.55. The number of halogens is 1. The number of rotatable bonds is 6. The third kappa shape index (κ3) is 5.35. The Morgan fingerprint density at radius 1 is 1.17 bits per heavy atom. The minimum absolute atomic E-state index is 0. The zero-order valence-electron chi connectivity index (χ0n) is 16.9. The van der Waals surface area contributed by atoms with Crippen LogP contribution in [-0.2, 0) is 6.54 Å². The lowest BCUT2D eigenvalue weighted by atomic mass is 10.2. The Morgan fingerprint density at radius 3 is 2.60 bits per heavy atom. The number of urea groups is 1. The second-order valence-electron chi connectivity index (χ2n) is 6.56. The molecule has 2 aromatic rings. The van der Waals surface area contributed by atoms with Crippen molar-refractivity contribution in [3.05, 3.63) is 35.9 Å². The first-order chi connectivity index (χ1) is 14.5. The van der Waals surface area contributed by atoms with Gasteiger partial charge in [-0.1, -0.05) is 0 Å². The number of hydrogen-bond acceptors (Lipinski definition) is 8. The van der Waals surface area contributed by atoms with E-state index in [1.165, 1.54) is 19.4 Å². The van der Waals surface area contributed by atoms with Crippen LogP contribution >= 0.6 is 0 Å². The van der Waals surface area contributed by atoms with Gasteiger partial charge in [0.15, 0.2) is 0 Å². The molecule has 166 valence electrons. The minimum Gasteiger partial charge on any atom is -0.365 e. The molecule has 3 amide bonds. The number of carbonyl (C=O) groups is 2. The van der Waals surface area contributed by atoms with Gasteiger partial charge in [-0.15, -0.1) is 0 Å². The Morgan fingerprint density at radius 2 is 1.93 bits per heavy atom. The lowest BCUT2D eigenvalue weighted by Gasteiger charge is -2.35. The summed E-state index contributed by atoms with van der Waals surface area (Å²) in [6.45, 7) is 5.31. The Bertz CT molecular complexity index is 917. The van der Waals surface area contributed by atoms with Crippen molar-refractivity contribution in [3.63, 3.8) is 0 Å². The van der Waals surface area contributed by atoms with E-state index in [0.29, 0.717) is 50.8 Å². The largest absolute Gasteiger partial charge is 0.365 e. The van der Waals surface area contributed by atoms with Crippen molar-refractivity contribution in [2.24, 2.45) is 0 Å². The number of nitrogens with one attached hydrogen (secondary N) is 3. The number of piperazine rings is 1. The fourth-order valence-electron chi connectivity index (χ4n) is 3.04. The number of pyridine rings is 1. The average molecular weight is 423 g/mol. The monoisotopic (exact) mass is 423 g/mol. The molecule has 1 fully saturated rings. The van der Waals surface area contributed by atoms with Crippen LogP contribution in [0.1, 0.15) is 27.5 Å². The minimum atomic E-state index is -0.664. The molecule has 12 heteroatoms. The van der Waals surface area contributed by atoms with E-state index < -0.39 is 11.9 Å². The smallest absolute Gasteiger partial charge is 0.321 e. The van der Waals surface area contributed by atoms with Gasteiger partial charge in [-0.05, 0) is 19.1 Å². The zero-order chi connectivity index (χ0) is 21.5. The second-order valence-corrected chi connectivity index (χ2v) is 6.56. The molecule has 30 heavy (non-hydrogen) atoms. The summed E-state index contributed by atoms with van der Waals surface area (Å²) in [5.41, 5.74) is 0.417. The Kier molecular flexibility index (Phi) is 7.01. The Labute approximate surface area is 177 Å². The van der Waals surface area contributed by atoms with E-state index in [1.807, 2.05) is 11.8 Å². The molecule has 0 bridgehead atoms. The summed E-state index contributed by atoms with van der Waals surface area (Å²) < 4.78 is 14.4. The molecule has 11 nitrogen and oxygen atoms in total. The molecule has 1 aliphatic heterocycles. The van der Waals surface area contributed by atoms with Crippen molar-refractivity contribution in [1.29, 1.82) is 0 Å². The fourth-order valence-corrected chi connectivity index (χ4v) is 3.04. The van der Waals surface area contributed by atoms with Gasteiger partial charge < -0.3 is 15.5 Å². The SMILES string of the molecule is CCNC(=O)Nc1ncnc(CN2CCN(c3ccc(C(=O)NC)nc3F)CC2)n1.[HH].[HH].[HH]. The number of amides is 3. The lowest BCUT2D eigenvalue weighted by Crippen LogP contribution is -2.46. The summed E-state index contributed by atoms with van der Waals surface area (Å²) >= 11 is 0. The van der Waals surface area contributed by atoms with Gasteiger partial charge >= 0.3 is 6.03 Å². The van der Waals surface area contributed by atoms with Crippen LogP contribution in [0.4, 0.5) is 20.8 Å². The van der Waals surface area contributed by atoms with Gasteiger partial charge in [0.2, 0.25) is 11.9 Å². The normalized spacial score (nSPS) is 14.3. The molecule has 3 heterocycles. The predicted octanol–water partition coefficient (Wildman–Crippen LogP) is 0.967. The molecule has 0 unspecified atom stereocenters. The van der Waals surface area contributed by atoms with E-state index in [0.717, 1.165) is 0 Å². The first-order valence-corrected chi connectivity index (χ1v) is 9.58. The number of anilines is 2. The number of aromatic nitrogens is 4. The van der Waals surface area contributed by atoms with E-state index in [1.54, 1.807) is 6.07 Å². The number of hydrogen-bond donors (Lipinski definition) is 3. The van der Waals surface area contributed by atoms with E-state index in [4.69, 9.17) is 0 Å². The van der Waals surface area contributed by atoms with Crippen molar-refractivity contribution in [3.8, 4) is 0 Å². The first-order valence-electron chi connectivity index (χ1n) is 9.58. The van der Waals surface area contributed by atoms with Crippen LogP contribution in [0, 0.1) is 5.95 Å². The molecular formula is C18H30FN9O2. The van der Waals surface area contributed by atoms with Gasteiger partial charge in [0.25, 0.3) is 5.91 Å². The summed E-state index contributed by atoms with van der Waals surface area (Å²) in [7, 11) is 1.47. The van der Waals surface area contributed by atoms with Gasteiger partial charge in [0, 0.05) is 44.1 Å².